The van der Waals surface area contributed by atoms with Gasteiger partial charge < -0.3 is 26.0 Å². The second kappa shape index (κ2) is 17.1. The molecule has 0 radical (unpaired) electrons. The zero-order valence-electron chi connectivity index (χ0n) is 31.4. The first-order valence-electron chi connectivity index (χ1n) is 19.0. The van der Waals surface area contributed by atoms with Crippen molar-refractivity contribution in [3.8, 4) is 0 Å². The Balaban J connectivity index is 0.000000241. The van der Waals surface area contributed by atoms with E-state index in [9.17, 15) is 19.5 Å². The minimum absolute atomic E-state index is 0.0125. The number of thioether (sulfide) groups is 1. The van der Waals surface area contributed by atoms with Crippen molar-refractivity contribution in [1.29, 1.82) is 0 Å². The van der Waals surface area contributed by atoms with Gasteiger partial charge in [-0.3, -0.25) is 14.4 Å². The highest BCUT2D eigenvalue weighted by Gasteiger charge is 2.68. The number of nitrogens with one attached hydrogen (secondary N) is 1. The van der Waals surface area contributed by atoms with E-state index in [0.29, 0.717) is 56.6 Å². The number of carbonyl (C=O) groups is 3. The molecule has 53 heavy (non-hydrogen) atoms. The first-order chi connectivity index (χ1) is 25.1. The molecule has 2 aromatic rings. The number of aliphatic hydroxyl groups is 1. The average molecular weight is 788 g/mol. The van der Waals surface area contributed by atoms with Crippen molar-refractivity contribution in [3.05, 3.63) is 70.7 Å². The average Bonchev–Trinajstić information content (AvgIpc) is 3.48. The van der Waals surface area contributed by atoms with Crippen LogP contribution in [-0.2, 0) is 25.5 Å². The Bertz CT molecular complexity index is 1660. The number of halogens is 2. The molecule has 0 aliphatic heterocycles. The molecule has 6 rings (SSSR count). The number of nitrogens with two attached hydrogens (primary N) is 1. The number of hydrogen-bond acceptors (Lipinski definition) is 8. The Hall–Kier alpha value is -2.56. The van der Waals surface area contributed by atoms with Crippen LogP contribution in [0.4, 0.5) is 11.4 Å². The molecule has 4 fully saturated rings. The van der Waals surface area contributed by atoms with Gasteiger partial charge in [0.15, 0.2) is 0 Å². The van der Waals surface area contributed by atoms with Crippen LogP contribution in [0.5, 0.6) is 0 Å². The Morgan fingerprint density at radius 3 is 2.43 bits per heavy atom. The zero-order chi connectivity index (χ0) is 38.7. The molecule has 0 heterocycles. The highest BCUT2D eigenvalue weighted by Crippen LogP contribution is 2.68. The lowest BCUT2D eigenvalue weighted by Crippen LogP contribution is -2.63. The molecule has 290 valence electrons. The number of carboxylic acid groups (broad SMARTS) is 1. The number of esters is 1. The molecule has 4 saturated carbocycles. The maximum Gasteiger partial charge on any atom is 0.316 e. The third kappa shape index (κ3) is 8.65. The fraction of sp³-hybridized carbons (Fsp3) is 0.595. The molecule has 0 aromatic heterocycles. The van der Waals surface area contributed by atoms with Crippen molar-refractivity contribution < 1.29 is 29.3 Å². The van der Waals surface area contributed by atoms with E-state index in [2.05, 4.69) is 32.7 Å². The molecule has 5 N–H and O–H groups in total. The number of ketones is 1. The molecule has 11 heteroatoms. The van der Waals surface area contributed by atoms with Crippen molar-refractivity contribution >= 4 is 64.1 Å². The minimum atomic E-state index is -0.889. The Morgan fingerprint density at radius 1 is 1.08 bits per heavy atom. The van der Waals surface area contributed by atoms with Gasteiger partial charge in [-0.05, 0) is 86.0 Å². The molecule has 4 aliphatic rings. The fourth-order valence-electron chi connectivity index (χ4n) is 9.92. The second-order valence-corrected chi connectivity index (χ2v) is 18.5. The minimum Gasteiger partial charge on any atom is -0.481 e. The van der Waals surface area contributed by atoms with Gasteiger partial charge in [-0.1, -0.05) is 87.7 Å². The lowest BCUT2D eigenvalue weighted by molar-refractivity contribution is -0.205. The Morgan fingerprint density at radius 2 is 1.77 bits per heavy atom. The quantitative estimate of drug-likeness (QED) is 0.145. The fourth-order valence-corrected chi connectivity index (χ4v) is 11.6. The van der Waals surface area contributed by atoms with Crippen molar-refractivity contribution in [2.24, 2.45) is 39.7 Å². The summed E-state index contributed by atoms with van der Waals surface area (Å²) in [4.78, 5) is 37.5. The number of benzene rings is 2. The Kier molecular flexibility index (Phi) is 13.4. The third-order valence-corrected chi connectivity index (χ3v) is 15.2. The number of hydrogen-bond donors (Lipinski definition) is 4. The van der Waals surface area contributed by atoms with Gasteiger partial charge in [0.1, 0.15) is 11.9 Å². The highest BCUT2D eigenvalue weighted by atomic mass is 35.5. The zero-order valence-corrected chi connectivity index (χ0v) is 33.7. The van der Waals surface area contributed by atoms with Gasteiger partial charge in [-0.15, -0.1) is 18.3 Å². The molecule has 2 aromatic carbocycles. The molecule has 4 aliphatic carbocycles. The summed E-state index contributed by atoms with van der Waals surface area (Å²) in [6.45, 7) is 12.7. The molecule has 0 saturated heterocycles. The van der Waals surface area contributed by atoms with Crippen LogP contribution in [0.1, 0.15) is 91.0 Å². The number of rotatable bonds is 9. The molecule has 10 atom stereocenters. The van der Waals surface area contributed by atoms with E-state index >= 15 is 0 Å². The lowest BCUT2D eigenvalue weighted by atomic mass is 9.44. The summed E-state index contributed by atoms with van der Waals surface area (Å²) in [5.41, 5.74) is 6.79. The van der Waals surface area contributed by atoms with E-state index in [1.165, 1.54) is 0 Å². The van der Waals surface area contributed by atoms with Crippen molar-refractivity contribution in [2.75, 3.05) is 11.1 Å². The van der Waals surface area contributed by atoms with Crippen LogP contribution in [0.25, 0.3) is 0 Å². The van der Waals surface area contributed by atoms with E-state index in [-0.39, 0.29) is 41.6 Å². The Labute approximate surface area is 329 Å². The standard InChI is InChI=1S/C28H45NO4S.C14H11Cl2NO2/c1-6-26(4)15-22(33-23(31)16-34-20-9-7-8-19(29)14-20)27(5)17(2)10-12-28(18(3)25(26)32)13-11-21(30)24(27)28;15-10-5-3-6-11(16)14(10)17-12-7-2-1-4-9(12)8-13(18)19/h6,17-20,22,24-25,32H,1,7-16,29H2,2-5H3;1-7,17H,8H2,(H,18,19)/t17-,18+,19?,20?,22-,24+,25+,26-,27+,28+;/m1./s1. The van der Waals surface area contributed by atoms with Gasteiger partial charge in [0.05, 0.1) is 34.0 Å². The maximum absolute atomic E-state index is 13.5. The van der Waals surface area contributed by atoms with Crippen LogP contribution in [0.2, 0.25) is 10.0 Å². The highest BCUT2D eigenvalue weighted by molar-refractivity contribution is 8.00. The molecule has 0 spiro atoms. The van der Waals surface area contributed by atoms with Gasteiger partial charge in [-0.25, -0.2) is 0 Å². The number of aliphatic carboxylic acids is 1. The summed E-state index contributed by atoms with van der Waals surface area (Å²) in [6, 6.07) is 12.6. The number of anilines is 2. The van der Waals surface area contributed by atoms with Crippen LogP contribution in [0.3, 0.4) is 0 Å². The van der Waals surface area contributed by atoms with Crippen LogP contribution in [0.15, 0.2) is 55.1 Å². The summed E-state index contributed by atoms with van der Waals surface area (Å²) in [7, 11) is 0. The van der Waals surface area contributed by atoms with Crippen LogP contribution in [0, 0.1) is 34.0 Å². The lowest BCUT2D eigenvalue weighted by Gasteiger charge is -2.61. The normalized spacial score (nSPS) is 35.1. The third-order valence-electron chi connectivity index (χ3n) is 13.3. The monoisotopic (exact) mass is 786 g/mol. The summed E-state index contributed by atoms with van der Waals surface area (Å²) in [5.74, 6) is -0.427. The maximum atomic E-state index is 13.5. The molecule has 0 amide bonds. The number of carbonyl (C=O) groups excluding carboxylic acids is 2. The van der Waals surface area contributed by atoms with E-state index in [1.54, 1.807) is 48.2 Å². The summed E-state index contributed by atoms with van der Waals surface area (Å²) < 4.78 is 6.34. The van der Waals surface area contributed by atoms with Crippen LogP contribution < -0.4 is 11.1 Å². The first kappa shape index (κ1) is 41.6. The van der Waals surface area contributed by atoms with E-state index in [0.717, 1.165) is 44.9 Å². The molecular formula is C42H56Cl2N2O6S. The topological polar surface area (TPSA) is 139 Å². The van der Waals surface area contributed by atoms with E-state index in [4.69, 9.17) is 38.8 Å². The number of ether oxygens (including phenoxy) is 1. The molecule has 8 nitrogen and oxygen atoms in total. The van der Waals surface area contributed by atoms with Crippen LogP contribution >= 0.6 is 35.0 Å². The van der Waals surface area contributed by atoms with Gasteiger partial charge in [0.2, 0.25) is 0 Å². The van der Waals surface area contributed by atoms with Gasteiger partial charge in [-0.2, -0.15) is 0 Å². The predicted molar refractivity (Wildman–Crippen MR) is 215 cm³/mol. The number of Topliss-reactive ketones (excluding diaryl/α,β-unsaturated/α-hetero) is 1. The van der Waals surface area contributed by atoms with Crippen molar-refractivity contribution in [2.45, 2.75) is 115 Å². The van der Waals surface area contributed by atoms with Crippen molar-refractivity contribution in [1.82, 2.24) is 0 Å². The van der Waals surface area contributed by atoms with E-state index < -0.39 is 29.0 Å². The van der Waals surface area contributed by atoms with Crippen molar-refractivity contribution in [3.63, 3.8) is 0 Å². The molecule has 2 bridgehead atoms. The number of para-hydroxylation sites is 2. The van der Waals surface area contributed by atoms with Crippen LogP contribution in [-0.4, -0.2) is 57.2 Å². The molecule has 2 unspecified atom stereocenters. The summed E-state index contributed by atoms with van der Waals surface area (Å²) in [5, 5.41) is 25.0. The largest absolute Gasteiger partial charge is 0.481 e. The smallest absolute Gasteiger partial charge is 0.316 e. The van der Waals surface area contributed by atoms with Gasteiger partial charge >= 0.3 is 11.9 Å². The van der Waals surface area contributed by atoms with E-state index in [1.807, 2.05) is 19.1 Å². The second-order valence-electron chi connectivity index (χ2n) is 16.4. The SMILES string of the molecule is C=C[C@]1(C)C[C@@H](OC(=O)CSC2CCCC(N)C2)[C@]2(C)[C@H](C)CC[C@]3(CCC(=O)[C@H]32)[C@@H](C)[C@@H]1O.O=C(O)Cc1ccccc1Nc1c(Cl)cccc1Cl. The predicted octanol–water partition coefficient (Wildman–Crippen LogP) is 9.26. The summed E-state index contributed by atoms with van der Waals surface area (Å²) in [6.07, 6.45) is 8.78. The number of carboxylic acids is 1. The first-order valence-corrected chi connectivity index (χ1v) is 20.8. The number of aliphatic hydroxyl groups excluding tert-OH is 1. The molecular weight excluding hydrogens is 731 g/mol. The van der Waals surface area contributed by atoms with Gasteiger partial charge in [0.25, 0.3) is 0 Å². The van der Waals surface area contributed by atoms with Gasteiger partial charge in [0, 0.05) is 40.1 Å². The summed E-state index contributed by atoms with van der Waals surface area (Å²) >= 11 is 13.8.